The number of halogens is 3. The molecule has 4 aliphatic carbocycles. The van der Waals surface area contributed by atoms with Crippen molar-refractivity contribution in [2.24, 2.45) is 0 Å². The maximum atomic E-state index is 13.4. The van der Waals surface area contributed by atoms with Gasteiger partial charge in [0.15, 0.2) is 0 Å². The Balaban J connectivity index is 1.99. The van der Waals surface area contributed by atoms with Crippen LogP contribution in [-0.2, 0) is 4.79 Å². The van der Waals surface area contributed by atoms with Crippen LogP contribution in [0.15, 0.2) is 81.5 Å². The summed E-state index contributed by atoms with van der Waals surface area (Å²) in [7, 11) is 0. The van der Waals surface area contributed by atoms with Crippen LogP contribution in [0.2, 0.25) is 0 Å². The van der Waals surface area contributed by atoms with Crippen LogP contribution in [-0.4, -0.2) is 12.0 Å². The Kier molecular flexibility index (Phi) is 4.22. The van der Waals surface area contributed by atoms with Gasteiger partial charge in [0.2, 0.25) is 0 Å². The van der Waals surface area contributed by atoms with E-state index in [1.807, 2.05) is 42.5 Å². The Morgan fingerprint density at radius 2 is 1.62 bits per heavy atom. The summed E-state index contributed by atoms with van der Waals surface area (Å²) in [5.41, 5.74) is 4.59. The molecule has 0 spiro atoms. The molecule has 0 saturated carbocycles. The molecule has 0 heterocycles. The molecule has 0 aromatic rings. The largest absolute Gasteiger partial charge is 0.454 e. The third-order valence-corrected chi connectivity index (χ3v) is 5.36. The van der Waals surface area contributed by atoms with Crippen molar-refractivity contribution in [1.29, 1.82) is 0 Å². The van der Waals surface area contributed by atoms with E-state index in [1.54, 1.807) is 0 Å². The molecule has 0 radical (unpaired) electrons. The van der Waals surface area contributed by atoms with Crippen LogP contribution in [0.1, 0.15) is 38.5 Å². The first-order valence-corrected chi connectivity index (χ1v) is 9.01. The standard InChI is InChI=1S/C22H19F3O/c23-22(24,25)21(26)20-18-11-3-1-2-10-16(18)17-12-6-8-14-7-4-5-9-15(13-14)19(17)20/h4-9,12H,1-3,10-11,13H2. The number of fused-ring (bicyclic) bond motifs is 5. The summed E-state index contributed by atoms with van der Waals surface area (Å²) in [6, 6.07) is 0. The van der Waals surface area contributed by atoms with Crippen LogP contribution in [0, 0.1) is 0 Å². The normalized spacial score (nSPS) is 22.5. The molecule has 0 atom stereocenters. The number of alkyl halides is 3. The van der Waals surface area contributed by atoms with Crippen molar-refractivity contribution < 1.29 is 18.0 Å². The van der Waals surface area contributed by atoms with Crippen LogP contribution < -0.4 is 0 Å². The van der Waals surface area contributed by atoms with E-state index in [0.29, 0.717) is 24.0 Å². The highest BCUT2D eigenvalue weighted by Gasteiger charge is 2.46. The van der Waals surface area contributed by atoms with Crippen LogP contribution in [0.3, 0.4) is 0 Å². The van der Waals surface area contributed by atoms with Crippen LogP contribution in [0.25, 0.3) is 0 Å². The van der Waals surface area contributed by atoms with Crippen LogP contribution >= 0.6 is 0 Å². The number of hydrogen-bond donors (Lipinski definition) is 0. The second kappa shape index (κ2) is 6.42. The van der Waals surface area contributed by atoms with E-state index >= 15 is 0 Å². The van der Waals surface area contributed by atoms with Gasteiger partial charge in [0.25, 0.3) is 5.78 Å². The third kappa shape index (κ3) is 2.87. The lowest BCUT2D eigenvalue weighted by Gasteiger charge is -2.18. The smallest absolute Gasteiger partial charge is 0.284 e. The van der Waals surface area contributed by atoms with Gasteiger partial charge in [-0.3, -0.25) is 4.79 Å². The Morgan fingerprint density at radius 3 is 2.38 bits per heavy atom. The fourth-order valence-corrected chi connectivity index (χ4v) is 4.24. The van der Waals surface area contributed by atoms with Crippen molar-refractivity contribution in [3.8, 4) is 0 Å². The molecular weight excluding hydrogens is 337 g/mol. The van der Waals surface area contributed by atoms with E-state index in [-0.39, 0.29) is 5.57 Å². The van der Waals surface area contributed by atoms with Crippen molar-refractivity contribution in [2.45, 2.75) is 44.7 Å². The molecule has 26 heavy (non-hydrogen) atoms. The second-order valence-corrected chi connectivity index (χ2v) is 7.03. The summed E-state index contributed by atoms with van der Waals surface area (Å²) in [5.74, 6) is -1.70. The third-order valence-electron chi connectivity index (χ3n) is 5.36. The first-order chi connectivity index (χ1) is 12.5. The van der Waals surface area contributed by atoms with E-state index in [1.165, 1.54) is 0 Å². The minimum atomic E-state index is -4.86. The SMILES string of the molecule is O=C(C1=C2C3=CC=CC=C(C=CC=C2C2=C1CCCCC2)C3)C(F)(F)F. The van der Waals surface area contributed by atoms with E-state index in [2.05, 4.69) is 0 Å². The van der Waals surface area contributed by atoms with Crippen LogP contribution in [0.4, 0.5) is 13.2 Å². The van der Waals surface area contributed by atoms with E-state index in [0.717, 1.165) is 48.0 Å². The highest BCUT2D eigenvalue weighted by atomic mass is 19.4. The molecule has 134 valence electrons. The maximum Gasteiger partial charge on any atom is 0.454 e. The molecule has 2 bridgehead atoms. The average Bonchev–Trinajstić information content (AvgIpc) is 2.82. The van der Waals surface area contributed by atoms with Crippen molar-refractivity contribution in [3.63, 3.8) is 0 Å². The number of carbonyl (C=O) groups is 1. The molecule has 4 rings (SSSR count). The summed E-state index contributed by atoms with van der Waals surface area (Å²) >= 11 is 0. The topological polar surface area (TPSA) is 17.1 Å². The highest BCUT2D eigenvalue weighted by molar-refractivity contribution is 6.07. The first-order valence-electron chi connectivity index (χ1n) is 9.01. The molecule has 0 unspecified atom stereocenters. The molecule has 4 aliphatic rings. The lowest BCUT2D eigenvalue weighted by Crippen LogP contribution is -2.26. The lowest BCUT2D eigenvalue weighted by molar-refractivity contribution is -0.166. The summed E-state index contributed by atoms with van der Waals surface area (Å²) in [4.78, 5) is 12.4. The van der Waals surface area contributed by atoms with Gasteiger partial charge in [-0.05, 0) is 65.5 Å². The van der Waals surface area contributed by atoms with Gasteiger partial charge in [-0.1, -0.05) is 49.0 Å². The number of allylic oxidation sites excluding steroid dienone is 14. The zero-order chi connectivity index (χ0) is 18.3. The van der Waals surface area contributed by atoms with Gasteiger partial charge in [0, 0.05) is 5.57 Å². The molecule has 0 fully saturated rings. The van der Waals surface area contributed by atoms with E-state index in [4.69, 9.17) is 0 Å². The molecule has 0 N–H and O–H groups in total. The molecule has 0 saturated heterocycles. The summed E-state index contributed by atoms with van der Waals surface area (Å²) in [6.45, 7) is 0. The lowest BCUT2D eigenvalue weighted by atomic mass is 9.86. The molecule has 1 nitrogen and oxygen atoms in total. The zero-order valence-electron chi connectivity index (χ0n) is 14.3. The zero-order valence-corrected chi connectivity index (χ0v) is 14.3. The van der Waals surface area contributed by atoms with Gasteiger partial charge in [-0.15, -0.1) is 0 Å². The summed E-state index contributed by atoms with van der Waals surface area (Å²) in [5, 5.41) is 0. The van der Waals surface area contributed by atoms with E-state index in [9.17, 15) is 18.0 Å². The van der Waals surface area contributed by atoms with Crippen molar-refractivity contribution in [2.75, 3.05) is 0 Å². The van der Waals surface area contributed by atoms with Gasteiger partial charge in [0.1, 0.15) is 0 Å². The maximum absolute atomic E-state index is 13.4. The Morgan fingerprint density at radius 1 is 0.885 bits per heavy atom. The molecule has 0 aliphatic heterocycles. The minimum Gasteiger partial charge on any atom is -0.284 e. The monoisotopic (exact) mass is 356 g/mol. The highest BCUT2D eigenvalue weighted by Crippen LogP contribution is 2.49. The summed E-state index contributed by atoms with van der Waals surface area (Å²) in [6.07, 6.45) is 13.0. The first kappa shape index (κ1) is 17.1. The van der Waals surface area contributed by atoms with Crippen molar-refractivity contribution in [1.82, 2.24) is 0 Å². The van der Waals surface area contributed by atoms with Gasteiger partial charge < -0.3 is 0 Å². The van der Waals surface area contributed by atoms with Gasteiger partial charge in [-0.25, -0.2) is 0 Å². The molecule has 4 heteroatoms. The molecule has 0 amide bonds. The Hall–Kier alpha value is -2.36. The summed E-state index contributed by atoms with van der Waals surface area (Å²) < 4.78 is 40.3. The van der Waals surface area contributed by atoms with E-state index < -0.39 is 12.0 Å². The Labute approximate surface area is 150 Å². The number of rotatable bonds is 1. The number of hydrogen-bond acceptors (Lipinski definition) is 1. The molecular formula is C22H19F3O. The van der Waals surface area contributed by atoms with Crippen molar-refractivity contribution >= 4 is 5.78 Å². The predicted octanol–water partition coefficient (Wildman–Crippen LogP) is 6.00. The number of carbonyl (C=O) groups excluding carboxylic acids is 1. The average molecular weight is 356 g/mol. The fourth-order valence-electron chi connectivity index (χ4n) is 4.24. The number of ketones is 1. The molecule has 0 aromatic heterocycles. The quantitative estimate of drug-likeness (QED) is 0.563. The predicted molar refractivity (Wildman–Crippen MR) is 95.3 cm³/mol. The van der Waals surface area contributed by atoms with Crippen molar-refractivity contribution in [3.05, 3.63) is 81.5 Å². The fraction of sp³-hybridized carbons (Fsp3) is 0.318. The Bertz CT molecular complexity index is 883. The van der Waals surface area contributed by atoms with Gasteiger partial charge in [-0.2, -0.15) is 13.2 Å². The van der Waals surface area contributed by atoms with Crippen LogP contribution in [0.5, 0.6) is 0 Å². The molecule has 0 aromatic carbocycles. The second-order valence-electron chi connectivity index (χ2n) is 7.03. The minimum absolute atomic E-state index is 0.100. The van der Waals surface area contributed by atoms with Gasteiger partial charge >= 0.3 is 6.18 Å². The number of Topliss-reactive ketones (excluding diaryl/α,β-unsaturated/α-hetero) is 1. The van der Waals surface area contributed by atoms with Gasteiger partial charge in [0.05, 0.1) is 0 Å².